The summed E-state index contributed by atoms with van der Waals surface area (Å²) >= 11 is 0. The Balaban J connectivity index is 1.80. The Hall–Kier alpha value is -3.39. The zero-order valence-electron chi connectivity index (χ0n) is 14.9. The number of nitrogens with zero attached hydrogens (tertiary/aromatic N) is 2. The summed E-state index contributed by atoms with van der Waals surface area (Å²) < 4.78 is 6.58. The summed E-state index contributed by atoms with van der Waals surface area (Å²) in [4.78, 5) is 29.8. The quantitative estimate of drug-likeness (QED) is 0.338. The van der Waals surface area contributed by atoms with Crippen LogP contribution >= 0.6 is 0 Å². The average molecular weight is 380 g/mol. The predicted octanol–water partition coefficient (Wildman–Crippen LogP) is 1.49. The number of phenols is 2. The normalized spacial score (nSPS) is 19.9. The zero-order valence-corrected chi connectivity index (χ0v) is 14.9. The van der Waals surface area contributed by atoms with Crippen LogP contribution in [0, 0.1) is 0 Å². The van der Waals surface area contributed by atoms with Crippen LogP contribution in [0.2, 0.25) is 0 Å². The first-order valence-corrected chi connectivity index (χ1v) is 8.86. The molecule has 2 aliphatic heterocycles. The van der Waals surface area contributed by atoms with E-state index in [0.717, 1.165) is 5.56 Å². The molecule has 8 heteroatoms. The van der Waals surface area contributed by atoms with Gasteiger partial charge in [0.1, 0.15) is 6.61 Å². The molecule has 142 valence electrons. The maximum absolute atomic E-state index is 13.0. The molecule has 0 saturated heterocycles. The van der Waals surface area contributed by atoms with Gasteiger partial charge in [-0.3, -0.25) is 4.79 Å². The van der Waals surface area contributed by atoms with Gasteiger partial charge in [-0.25, -0.2) is 9.78 Å². The van der Waals surface area contributed by atoms with Crippen molar-refractivity contribution < 1.29 is 24.9 Å². The first-order chi connectivity index (χ1) is 13.3. The maximum atomic E-state index is 13.0. The Morgan fingerprint density at radius 2 is 1.93 bits per heavy atom. The summed E-state index contributed by atoms with van der Waals surface area (Å²) in [5.41, 5.74) is 0.573. The van der Waals surface area contributed by atoms with Crippen LogP contribution < -0.4 is 5.56 Å². The van der Waals surface area contributed by atoms with Crippen molar-refractivity contribution in [2.45, 2.75) is 32.1 Å². The summed E-state index contributed by atoms with van der Waals surface area (Å²) in [5.74, 6) is -1.30. The Morgan fingerprint density at radius 3 is 2.68 bits per heavy atom. The van der Waals surface area contributed by atoms with E-state index in [4.69, 9.17) is 4.74 Å². The Kier molecular flexibility index (Phi) is 3.19. The monoisotopic (exact) mass is 380 g/mol. The van der Waals surface area contributed by atoms with E-state index in [9.17, 15) is 24.9 Å². The van der Waals surface area contributed by atoms with Gasteiger partial charge in [-0.05, 0) is 24.6 Å². The number of hydrogen-bond donors (Lipinski definition) is 3. The lowest BCUT2D eigenvalue weighted by atomic mass is 9.86. The molecule has 0 fully saturated rings. The van der Waals surface area contributed by atoms with Gasteiger partial charge in [0.15, 0.2) is 17.1 Å². The highest BCUT2D eigenvalue weighted by Gasteiger charge is 2.45. The van der Waals surface area contributed by atoms with Gasteiger partial charge < -0.3 is 24.6 Å². The summed E-state index contributed by atoms with van der Waals surface area (Å²) in [5, 5.41) is 31.0. The van der Waals surface area contributed by atoms with E-state index in [1.165, 1.54) is 16.7 Å². The van der Waals surface area contributed by atoms with Crippen molar-refractivity contribution in [2.24, 2.45) is 0 Å². The number of aromatic hydroxyl groups is 2. The smallest absolute Gasteiger partial charge is 0.343 e. The van der Waals surface area contributed by atoms with Crippen molar-refractivity contribution in [2.75, 3.05) is 0 Å². The number of benzene rings is 1. The van der Waals surface area contributed by atoms with Crippen molar-refractivity contribution in [1.82, 2.24) is 9.55 Å². The van der Waals surface area contributed by atoms with Gasteiger partial charge in [0.25, 0.3) is 5.56 Å². The molecule has 0 radical (unpaired) electrons. The molecule has 0 amide bonds. The van der Waals surface area contributed by atoms with Gasteiger partial charge in [0.05, 0.1) is 29.0 Å². The van der Waals surface area contributed by atoms with Gasteiger partial charge in [0, 0.05) is 22.6 Å². The van der Waals surface area contributed by atoms with Gasteiger partial charge in [-0.15, -0.1) is 0 Å². The van der Waals surface area contributed by atoms with Crippen LogP contribution in [0.5, 0.6) is 11.5 Å². The number of esters is 1. The molecule has 4 heterocycles. The fourth-order valence-electron chi connectivity index (χ4n) is 4.01. The van der Waals surface area contributed by atoms with Crippen LogP contribution in [0.4, 0.5) is 0 Å². The number of phenolic OH excluding ortho intramolecular Hbond substituents is 2. The van der Waals surface area contributed by atoms with Gasteiger partial charge >= 0.3 is 5.97 Å². The minimum atomic E-state index is -1.87. The van der Waals surface area contributed by atoms with E-state index in [0.29, 0.717) is 22.3 Å². The molecule has 2 aromatic heterocycles. The molecule has 0 unspecified atom stereocenters. The molecular formula is C20H16N2O6. The molecule has 1 aromatic carbocycles. The second-order valence-electron chi connectivity index (χ2n) is 7.13. The lowest BCUT2D eigenvalue weighted by Gasteiger charge is -2.31. The molecule has 0 bridgehead atoms. The molecule has 0 aliphatic carbocycles. The topological polar surface area (TPSA) is 122 Å². The molecule has 1 atom stereocenters. The van der Waals surface area contributed by atoms with Gasteiger partial charge in [-0.1, -0.05) is 6.92 Å². The van der Waals surface area contributed by atoms with Crippen LogP contribution in [-0.2, 0) is 28.3 Å². The first-order valence-electron chi connectivity index (χ1n) is 8.86. The van der Waals surface area contributed by atoms with E-state index in [2.05, 4.69) is 4.98 Å². The third-order valence-electron chi connectivity index (χ3n) is 5.60. The second-order valence-corrected chi connectivity index (χ2v) is 7.13. The number of fused-ring (bicyclic) bond motifs is 5. The number of aromatic nitrogens is 2. The predicted molar refractivity (Wildman–Crippen MR) is 97.9 cm³/mol. The van der Waals surface area contributed by atoms with Crippen LogP contribution in [0.1, 0.15) is 30.0 Å². The molecule has 2 aliphatic rings. The Bertz CT molecular complexity index is 1260. The number of pyridine rings is 2. The molecule has 5 rings (SSSR count). The van der Waals surface area contributed by atoms with Crippen LogP contribution in [0.25, 0.3) is 22.3 Å². The molecule has 8 nitrogen and oxygen atoms in total. The molecule has 0 spiro atoms. The lowest BCUT2D eigenvalue weighted by molar-refractivity contribution is -0.172. The minimum Gasteiger partial charge on any atom is -0.504 e. The maximum Gasteiger partial charge on any atom is 0.343 e. The van der Waals surface area contributed by atoms with Crippen LogP contribution in [0.3, 0.4) is 0 Å². The highest BCUT2D eigenvalue weighted by molar-refractivity contribution is 5.88. The molecule has 28 heavy (non-hydrogen) atoms. The van der Waals surface area contributed by atoms with Crippen molar-refractivity contribution >= 4 is 16.9 Å². The van der Waals surface area contributed by atoms with E-state index < -0.39 is 11.6 Å². The summed E-state index contributed by atoms with van der Waals surface area (Å²) in [7, 11) is 0. The largest absolute Gasteiger partial charge is 0.504 e. The van der Waals surface area contributed by atoms with E-state index in [1.807, 2.05) is 0 Å². The second kappa shape index (κ2) is 5.32. The fourth-order valence-corrected chi connectivity index (χ4v) is 4.01. The number of hydrogen-bond acceptors (Lipinski definition) is 7. The molecule has 0 saturated carbocycles. The Labute approximate surface area is 158 Å². The Morgan fingerprint density at radius 1 is 1.18 bits per heavy atom. The summed E-state index contributed by atoms with van der Waals surface area (Å²) in [6, 6.07) is 6.20. The van der Waals surface area contributed by atoms with Gasteiger partial charge in [0.2, 0.25) is 0 Å². The van der Waals surface area contributed by atoms with Crippen molar-refractivity contribution in [3.05, 3.63) is 51.3 Å². The standard InChI is InChI=1S/C20H16N2O6/c1-2-20(27)12-5-14-17-10(3-9-4-15(23)16(24)6-13(9)21-17)7-22(14)18(25)11(12)8-28-19(20)26/h3-6,23-24,27H,2,7-8H2,1H3/t20-/m0/s1. The zero-order chi connectivity index (χ0) is 19.8. The number of aliphatic hydroxyl groups is 1. The summed E-state index contributed by atoms with van der Waals surface area (Å²) in [6.07, 6.45) is 0.0763. The highest BCUT2D eigenvalue weighted by atomic mass is 16.6. The summed E-state index contributed by atoms with van der Waals surface area (Å²) in [6.45, 7) is 1.75. The van der Waals surface area contributed by atoms with E-state index in [-0.39, 0.29) is 47.8 Å². The van der Waals surface area contributed by atoms with E-state index in [1.54, 1.807) is 19.1 Å². The third-order valence-corrected chi connectivity index (χ3v) is 5.60. The number of ether oxygens (including phenoxy) is 1. The lowest BCUT2D eigenvalue weighted by Crippen LogP contribution is -2.44. The van der Waals surface area contributed by atoms with E-state index >= 15 is 0 Å². The SMILES string of the molecule is CC[C@@]1(O)C(=O)OCc2c1cc1n(c2=O)Cc2cc3cc(O)c(O)cc3nc2-1. The number of rotatable bonds is 1. The average Bonchev–Trinajstić information content (AvgIpc) is 3.02. The fraction of sp³-hybridized carbons (Fsp3) is 0.250. The molecular weight excluding hydrogens is 364 g/mol. The third kappa shape index (κ3) is 2.00. The molecule has 3 N–H and O–H groups in total. The highest BCUT2D eigenvalue weighted by Crippen LogP contribution is 2.39. The minimum absolute atomic E-state index is 0.0763. The van der Waals surface area contributed by atoms with Gasteiger partial charge in [-0.2, -0.15) is 0 Å². The van der Waals surface area contributed by atoms with Crippen LogP contribution in [0.15, 0.2) is 29.1 Å². The van der Waals surface area contributed by atoms with Crippen molar-refractivity contribution in [1.29, 1.82) is 0 Å². The van der Waals surface area contributed by atoms with Crippen molar-refractivity contribution in [3.63, 3.8) is 0 Å². The first kappa shape index (κ1) is 16.8. The number of cyclic esters (lactones) is 1. The number of carbonyl (C=O) groups is 1. The number of carbonyl (C=O) groups excluding carboxylic acids is 1. The van der Waals surface area contributed by atoms with Crippen LogP contribution in [-0.4, -0.2) is 30.8 Å². The molecule has 3 aromatic rings. The van der Waals surface area contributed by atoms with Crippen molar-refractivity contribution in [3.8, 4) is 22.9 Å².